The zero-order valence-electron chi connectivity index (χ0n) is 12.8. The summed E-state index contributed by atoms with van der Waals surface area (Å²) in [6.07, 6.45) is 5.05. The first-order valence-electron chi connectivity index (χ1n) is 7.68. The summed E-state index contributed by atoms with van der Waals surface area (Å²) in [6, 6.07) is 3.18. The molecule has 2 atom stereocenters. The third kappa shape index (κ3) is 3.54. The molecule has 1 fully saturated rings. The van der Waals surface area contributed by atoms with Crippen molar-refractivity contribution < 1.29 is 10.2 Å². The highest BCUT2D eigenvalue weighted by atomic mass is 35.5. The van der Waals surface area contributed by atoms with Crippen LogP contribution in [-0.4, -0.2) is 37.5 Å². The Balaban J connectivity index is 1.80. The summed E-state index contributed by atoms with van der Waals surface area (Å²) in [5, 5.41) is 31.9. The number of aliphatic hydroxyl groups excluding tert-OH is 1. The summed E-state index contributed by atoms with van der Waals surface area (Å²) < 4.78 is 0. The molecule has 1 aliphatic carbocycles. The van der Waals surface area contributed by atoms with Gasteiger partial charge in [-0.15, -0.1) is 10.2 Å². The number of aromatic hydroxyl groups is 1. The number of phenols is 1. The standard InChI is InChI=1S/C16H19ClN4O2/c1-9-6-10(17)7-13(23)15(9)16-18-8-14(20-21-16)19-11-4-2-3-5-12(11)22/h6-8,11-12,22-23H,2-5H2,1H3,(H,19,20). The molecular formula is C16H19ClN4O2. The van der Waals surface area contributed by atoms with E-state index < -0.39 is 0 Å². The van der Waals surface area contributed by atoms with Gasteiger partial charge in [0.2, 0.25) is 0 Å². The minimum atomic E-state index is -0.368. The first kappa shape index (κ1) is 16.0. The van der Waals surface area contributed by atoms with Gasteiger partial charge in [-0.3, -0.25) is 0 Å². The fraction of sp³-hybridized carbons (Fsp3) is 0.438. The van der Waals surface area contributed by atoms with E-state index in [0.717, 1.165) is 31.2 Å². The van der Waals surface area contributed by atoms with Crippen LogP contribution in [0.2, 0.25) is 5.02 Å². The highest BCUT2D eigenvalue weighted by Crippen LogP contribution is 2.32. The van der Waals surface area contributed by atoms with Gasteiger partial charge in [-0.25, -0.2) is 4.98 Å². The fourth-order valence-electron chi connectivity index (χ4n) is 2.94. The number of hydrogen-bond donors (Lipinski definition) is 3. The number of anilines is 1. The van der Waals surface area contributed by atoms with Crippen LogP contribution in [0.5, 0.6) is 5.75 Å². The van der Waals surface area contributed by atoms with Gasteiger partial charge in [0.1, 0.15) is 5.75 Å². The Bertz CT molecular complexity index is 670. The van der Waals surface area contributed by atoms with Crippen molar-refractivity contribution in [1.29, 1.82) is 0 Å². The number of aliphatic hydroxyl groups is 1. The number of aryl methyl sites for hydroxylation is 1. The van der Waals surface area contributed by atoms with Crippen LogP contribution < -0.4 is 5.32 Å². The van der Waals surface area contributed by atoms with Crippen molar-refractivity contribution in [3.8, 4) is 17.1 Å². The average Bonchev–Trinajstić information content (AvgIpc) is 2.50. The number of benzene rings is 1. The molecule has 0 bridgehead atoms. The molecular weight excluding hydrogens is 316 g/mol. The number of aromatic nitrogens is 3. The largest absolute Gasteiger partial charge is 0.507 e. The molecule has 1 aromatic carbocycles. The van der Waals surface area contributed by atoms with Crippen molar-refractivity contribution >= 4 is 17.4 Å². The van der Waals surface area contributed by atoms with E-state index in [1.165, 1.54) is 6.07 Å². The van der Waals surface area contributed by atoms with Crippen LogP contribution in [0.15, 0.2) is 18.3 Å². The van der Waals surface area contributed by atoms with Crippen molar-refractivity contribution in [3.05, 3.63) is 28.9 Å². The van der Waals surface area contributed by atoms with E-state index in [-0.39, 0.29) is 17.9 Å². The highest BCUT2D eigenvalue weighted by molar-refractivity contribution is 6.30. The lowest BCUT2D eigenvalue weighted by Gasteiger charge is -2.28. The molecule has 7 heteroatoms. The quantitative estimate of drug-likeness (QED) is 0.799. The molecule has 1 aromatic heterocycles. The smallest absolute Gasteiger partial charge is 0.185 e. The van der Waals surface area contributed by atoms with E-state index in [1.807, 2.05) is 6.92 Å². The fourth-order valence-corrected chi connectivity index (χ4v) is 3.21. The Morgan fingerprint density at radius 3 is 2.65 bits per heavy atom. The Morgan fingerprint density at radius 2 is 2.00 bits per heavy atom. The minimum absolute atomic E-state index is 0.0172. The van der Waals surface area contributed by atoms with E-state index >= 15 is 0 Å². The summed E-state index contributed by atoms with van der Waals surface area (Å²) in [4.78, 5) is 4.27. The molecule has 6 nitrogen and oxygen atoms in total. The summed E-state index contributed by atoms with van der Waals surface area (Å²) >= 11 is 5.91. The van der Waals surface area contributed by atoms with Crippen molar-refractivity contribution in [2.45, 2.75) is 44.8 Å². The number of nitrogens with one attached hydrogen (secondary N) is 1. The zero-order valence-corrected chi connectivity index (χ0v) is 13.6. The summed E-state index contributed by atoms with van der Waals surface area (Å²) in [6.45, 7) is 1.83. The maximum absolute atomic E-state index is 10.0. The van der Waals surface area contributed by atoms with Gasteiger partial charge in [0.25, 0.3) is 0 Å². The van der Waals surface area contributed by atoms with Gasteiger partial charge in [-0.2, -0.15) is 0 Å². The van der Waals surface area contributed by atoms with Crippen LogP contribution in [0.1, 0.15) is 31.2 Å². The normalized spacial score (nSPS) is 21.2. The SMILES string of the molecule is Cc1cc(Cl)cc(O)c1-c1ncc(NC2CCCCC2O)nn1. The van der Waals surface area contributed by atoms with Crippen molar-refractivity contribution in [2.24, 2.45) is 0 Å². The zero-order chi connectivity index (χ0) is 16.4. The molecule has 0 amide bonds. The monoisotopic (exact) mass is 334 g/mol. The summed E-state index contributed by atoms with van der Waals surface area (Å²) in [7, 11) is 0. The van der Waals surface area contributed by atoms with Crippen LogP contribution in [0, 0.1) is 6.92 Å². The Morgan fingerprint density at radius 1 is 1.22 bits per heavy atom. The number of hydrogen-bond acceptors (Lipinski definition) is 6. The van der Waals surface area contributed by atoms with E-state index in [4.69, 9.17) is 11.6 Å². The Labute approximate surface area is 139 Å². The second kappa shape index (κ2) is 6.68. The predicted octanol–water partition coefficient (Wildman–Crippen LogP) is 2.92. The topological polar surface area (TPSA) is 91.2 Å². The van der Waals surface area contributed by atoms with E-state index in [9.17, 15) is 10.2 Å². The van der Waals surface area contributed by atoms with Crippen LogP contribution in [0.3, 0.4) is 0 Å². The second-order valence-electron chi connectivity index (χ2n) is 5.89. The molecule has 1 saturated carbocycles. The van der Waals surface area contributed by atoms with Crippen LogP contribution in [-0.2, 0) is 0 Å². The molecule has 2 unspecified atom stereocenters. The van der Waals surface area contributed by atoms with Gasteiger partial charge in [-0.1, -0.05) is 24.4 Å². The Kier molecular flexibility index (Phi) is 4.63. The van der Waals surface area contributed by atoms with Gasteiger partial charge < -0.3 is 15.5 Å². The maximum Gasteiger partial charge on any atom is 0.185 e. The van der Waals surface area contributed by atoms with E-state index in [2.05, 4.69) is 20.5 Å². The second-order valence-corrected chi connectivity index (χ2v) is 6.32. The molecule has 0 spiro atoms. The van der Waals surface area contributed by atoms with E-state index in [1.54, 1.807) is 12.3 Å². The lowest BCUT2D eigenvalue weighted by Crippen LogP contribution is -2.36. The van der Waals surface area contributed by atoms with E-state index in [0.29, 0.717) is 22.2 Å². The molecule has 122 valence electrons. The Hall–Kier alpha value is -1.92. The predicted molar refractivity (Wildman–Crippen MR) is 88.6 cm³/mol. The molecule has 23 heavy (non-hydrogen) atoms. The molecule has 3 N–H and O–H groups in total. The minimum Gasteiger partial charge on any atom is -0.507 e. The lowest BCUT2D eigenvalue weighted by molar-refractivity contribution is 0.116. The van der Waals surface area contributed by atoms with Gasteiger partial charge in [0, 0.05) is 5.02 Å². The van der Waals surface area contributed by atoms with Crippen molar-refractivity contribution in [1.82, 2.24) is 15.2 Å². The molecule has 0 saturated heterocycles. The van der Waals surface area contributed by atoms with Crippen LogP contribution >= 0.6 is 11.6 Å². The number of phenolic OH excluding ortho intramolecular Hbond substituents is 1. The number of rotatable bonds is 3. The van der Waals surface area contributed by atoms with Gasteiger partial charge in [0.05, 0.1) is 23.9 Å². The third-order valence-electron chi connectivity index (χ3n) is 4.13. The summed E-state index contributed by atoms with van der Waals surface area (Å²) in [5.74, 6) is 0.887. The number of nitrogens with zero attached hydrogens (tertiary/aromatic N) is 3. The van der Waals surface area contributed by atoms with Gasteiger partial charge in [-0.05, 0) is 37.5 Å². The molecule has 3 rings (SSSR count). The first-order chi connectivity index (χ1) is 11.0. The van der Waals surface area contributed by atoms with Crippen molar-refractivity contribution in [3.63, 3.8) is 0 Å². The van der Waals surface area contributed by atoms with Gasteiger partial charge in [0.15, 0.2) is 11.6 Å². The van der Waals surface area contributed by atoms with Crippen LogP contribution in [0.4, 0.5) is 5.82 Å². The lowest BCUT2D eigenvalue weighted by atomic mass is 9.93. The highest BCUT2D eigenvalue weighted by Gasteiger charge is 2.23. The number of halogens is 1. The maximum atomic E-state index is 10.0. The van der Waals surface area contributed by atoms with Gasteiger partial charge >= 0.3 is 0 Å². The molecule has 1 heterocycles. The molecule has 0 aliphatic heterocycles. The molecule has 0 radical (unpaired) electrons. The third-order valence-corrected chi connectivity index (χ3v) is 4.35. The summed E-state index contributed by atoms with van der Waals surface area (Å²) in [5.41, 5.74) is 1.30. The van der Waals surface area contributed by atoms with Crippen LogP contribution in [0.25, 0.3) is 11.4 Å². The average molecular weight is 335 g/mol. The molecule has 1 aliphatic rings. The first-order valence-corrected chi connectivity index (χ1v) is 8.06. The van der Waals surface area contributed by atoms with Crippen molar-refractivity contribution in [2.75, 3.05) is 5.32 Å². The molecule has 2 aromatic rings.